The second-order valence-electron chi connectivity index (χ2n) is 6.04. The van der Waals surface area contributed by atoms with Gasteiger partial charge in [0, 0.05) is 16.6 Å². The molecule has 3 rings (SSSR count). The molecule has 1 aliphatic carbocycles. The zero-order valence-corrected chi connectivity index (χ0v) is 15.1. The maximum absolute atomic E-state index is 12.5. The quantitative estimate of drug-likeness (QED) is 0.811. The molecule has 130 valence electrons. The molecular formula is C19H18ClNO3S. The molecule has 0 aliphatic heterocycles. The van der Waals surface area contributed by atoms with Crippen LogP contribution < -0.4 is 4.72 Å². The largest absolute Gasteiger partial charge is 0.298 e. The van der Waals surface area contributed by atoms with E-state index in [1.165, 1.54) is 12.1 Å². The molecule has 25 heavy (non-hydrogen) atoms. The zero-order valence-electron chi connectivity index (χ0n) is 13.5. The third-order valence-corrected chi connectivity index (χ3v) is 6.27. The molecule has 1 N–H and O–H groups in total. The number of benzene rings is 2. The summed E-state index contributed by atoms with van der Waals surface area (Å²) in [7, 11) is -3.60. The van der Waals surface area contributed by atoms with Crippen LogP contribution in [0.15, 0.2) is 47.9 Å². The van der Waals surface area contributed by atoms with Crippen LogP contribution in [0.25, 0.3) is 6.08 Å². The summed E-state index contributed by atoms with van der Waals surface area (Å²) in [6.45, 7) is 3.73. The summed E-state index contributed by atoms with van der Waals surface area (Å²) in [5.74, 6) is 0. The molecule has 0 saturated heterocycles. The Morgan fingerprint density at radius 1 is 1.16 bits per heavy atom. The van der Waals surface area contributed by atoms with Gasteiger partial charge in [0.05, 0.1) is 4.90 Å². The van der Waals surface area contributed by atoms with Gasteiger partial charge in [-0.3, -0.25) is 4.79 Å². The number of aldehydes is 1. The highest BCUT2D eigenvalue weighted by Gasteiger charge is 2.26. The fraction of sp³-hybridized carbons (Fsp3) is 0.211. The van der Waals surface area contributed by atoms with E-state index in [2.05, 4.69) is 11.3 Å². The molecule has 6 heteroatoms. The van der Waals surface area contributed by atoms with Gasteiger partial charge in [-0.25, -0.2) is 13.1 Å². The van der Waals surface area contributed by atoms with E-state index in [4.69, 9.17) is 11.6 Å². The van der Waals surface area contributed by atoms with Crippen LogP contribution in [0.1, 0.15) is 33.5 Å². The van der Waals surface area contributed by atoms with E-state index < -0.39 is 10.0 Å². The molecule has 0 bridgehead atoms. The summed E-state index contributed by atoms with van der Waals surface area (Å²) in [5.41, 5.74) is 3.47. The first kappa shape index (κ1) is 17.9. The zero-order chi connectivity index (χ0) is 18.0. The Balaban J connectivity index is 1.82. The number of sulfonamides is 1. The normalized spacial score (nSPS) is 16.9. The van der Waals surface area contributed by atoms with Gasteiger partial charge in [0.15, 0.2) is 6.29 Å². The van der Waals surface area contributed by atoms with Gasteiger partial charge >= 0.3 is 0 Å². The van der Waals surface area contributed by atoms with Crippen molar-refractivity contribution >= 4 is 34.0 Å². The number of fused-ring (bicyclic) bond motifs is 1. The molecule has 1 atom stereocenters. The minimum absolute atomic E-state index is 0.193. The fourth-order valence-corrected chi connectivity index (χ4v) is 4.62. The van der Waals surface area contributed by atoms with E-state index >= 15 is 0 Å². The molecule has 0 spiro atoms. The molecule has 2 aromatic rings. The van der Waals surface area contributed by atoms with Crippen LogP contribution in [-0.4, -0.2) is 20.7 Å². The summed E-state index contributed by atoms with van der Waals surface area (Å²) in [6, 6.07) is 9.68. The minimum atomic E-state index is -3.60. The van der Waals surface area contributed by atoms with Crippen molar-refractivity contribution in [2.45, 2.75) is 30.2 Å². The van der Waals surface area contributed by atoms with E-state index in [0.29, 0.717) is 29.8 Å². The van der Waals surface area contributed by atoms with Gasteiger partial charge in [0.1, 0.15) is 0 Å². The lowest BCUT2D eigenvalue weighted by molar-refractivity contribution is 0.112. The van der Waals surface area contributed by atoms with Gasteiger partial charge in [-0.05, 0) is 60.2 Å². The van der Waals surface area contributed by atoms with E-state index in [9.17, 15) is 13.2 Å². The summed E-state index contributed by atoms with van der Waals surface area (Å²) in [6.07, 6.45) is 4.37. The summed E-state index contributed by atoms with van der Waals surface area (Å²) in [5, 5.41) is 0.491. The predicted octanol–water partition coefficient (Wildman–Crippen LogP) is 3.63. The number of carbonyl (C=O) groups is 1. The smallest absolute Gasteiger partial charge is 0.240 e. The van der Waals surface area contributed by atoms with E-state index in [-0.39, 0.29) is 10.9 Å². The highest BCUT2D eigenvalue weighted by atomic mass is 35.5. The number of rotatable bonds is 5. The van der Waals surface area contributed by atoms with Gasteiger partial charge in [0.2, 0.25) is 10.0 Å². The van der Waals surface area contributed by atoms with Crippen molar-refractivity contribution in [1.29, 1.82) is 0 Å². The monoisotopic (exact) mass is 375 g/mol. The standard InChI is InChI=1S/C19H18ClNO3S/c1-2-13-3-4-14-11-16(7-10-18(14)19(13)12-22)21-25(23,24)17-8-5-15(20)6-9-17/h2-6,8-9,12,16,21H,1,7,10-11H2. The van der Waals surface area contributed by atoms with Crippen LogP contribution in [0.2, 0.25) is 5.02 Å². The van der Waals surface area contributed by atoms with E-state index in [1.807, 2.05) is 12.1 Å². The van der Waals surface area contributed by atoms with Crippen LogP contribution in [0.3, 0.4) is 0 Å². The molecule has 0 amide bonds. The SMILES string of the molecule is C=Cc1ccc2c(c1C=O)CCC(NS(=O)(=O)c1ccc(Cl)cc1)C2. The molecule has 0 fully saturated rings. The maximum Gasteiger partial charge on any atom is 0.240 e. The Morgan fingerprint density at radius 2 is 1.88 bits per heavy atom. The van der Waals surface area contributed by atoms with Crippen LogP contribution in [0.4, 0.5) is 0 Å². The third kappa shape index (κ3) is 3.68. The number of nitrogens with one attached hydrogen (secondary N) is 1. The molecule has 0 radical (unpaired) electrons. The van der Waals surface area contributed by atoms with Gasteiger partial charge < -0.3 is 0 Å². The number of hydrogen-bond acceptors (Lipinski definition) is 3. The van der Waals surface area contributed by atoms with Crippen molar-refractivity contribution in [1.82, 2.24) is 4.72 Å². The second-order valence-corrected chi connectivity index (χ2v) is 8.19. The van der Waals surface area contributed by atoms with Crippen molar-refractivity contribution in [3.05, 3.63) is 70.3 Å². The van der Waals surface area contributed by atoms with Crippen molar-refractivity contribution < 1.29 is 13.2 Å². The molecular weight excluding hydrogens is 358 g/mol. The molecule has 0 heterocycles. The molecule has 1 unspecified atom stereocenters. The van der Waals surface area contributed by atoms with E-state index in [0.717, 1.165) is 23.0 Å². The average molecular weight is 376 g/mol. The van der Waals surface area contributed by atoms with Gasteiger partial charge in [0.25, 0.3) is 0 Å². The highest BCUT2D eigenvalue weighted by molar-refractivity contribution is 7.89. The van der Waals surface area contributed by atoms with Gasteiger partial charge in [-0.1, -0.05) is 36.4 Å². The number of carbonyl (C=O) groups excluding carboxylic acids is 1. The van der Waals surface area contributed by atoms with Crippen molar-refractivity contribution in [2.75, 3.05) is 0 Å². The van der Waals surface area contributed by atoms with Gasteiger partial charge in [-0.15, -0.1) is 0 Å². The molecule has 0 saturated carbocycles. The summed E-state index contributed by atoms with van der Waals surface area (Å²) < 4.78 is 27.8. The average Bonchev–Trinajstić information content (AvgIpc) is 2.60. The molecule has 0 aromatic heterocycles. The fourth-order valence-electron chi connectivity index (χ4n) is 3.22. The summed E-state index contributed by atoms with van der Waals surface area (Å²) >= 11 is 5.81. The Labute approximate surface area is 152 Å². The maximum atomic E-state index is 12.5. The Kier molecular flexibility index (Phi) is 5.08. The van der Waals surface area contributed by atoms with Crippen LogP contribution in [0, 0.1) is 0 Å². The Bertz CT molecular complexity index is 920. The first-order valence-corrected chi connectivity index (χ1v) is 9.81. The van der Waals surface area contributed by atoms with Gasteiger partial charge in [-0.2, -0.15) is 0 Å². The van der Waals surface area contributed by atoms with Crippen LogP contribution >= 0.6 is 11.6 Å². The second kappa shape index (κ2) is 7.12. The highest BCUT2D eigenvalue weighted by Crippen LogP contribution is 2.28. The van der Waals surface area contributed by atoms with Crippen LogP contribution in [0.5, 0.6) is 0 Å². The Hall–Kier alpha value is -1.95. The van der Waals surface area contributed by atoms with Crippen LogP contribution in [-0.2, 0) is 22.9 Å². The topological polar surface area (TPSA) is 63.2 Å². The molecule has 2 aromatic carbocycles. The lowest BCUT2D eigenvalue weighted by Crippen LogP contribution is -2.39. The third-order valence-electron chi connectivity index (χ3n) is 4.48. The van der Waals surface area contributed by atoms with Crippen molar-refractivity contribution in [2.24, 2.45) is 0 Å². The van der Waals surface area contributed by atoms with E-state index in [1.54, 1.807) is 18.2 Å². The predicted molar refractivity (Wildman–Crippen MR) is 99.5 cm³/mol. The van der Waals surface area contributed by atoms with Crippen molar-refractivity contribution in [3.63, 3.8) is 0 Å². The lowest BCUT2D eigenvalue weighted by Gasteiger charge is -2.27. The number of halogens is 1. The molecule has 1 aliphatic rings. The lowest BCUT2D eigenvalue weighted by atomic mass is 9.84. The first-order chi connectivity index (χ1) is 11.9. The first-order valence-electron chi connectivity index (χ1n) is 7.95. The molecule has 4 nitrogen and oxygen atoms in total. The Morgan fingerprint density at radius 3 is 2.52 bits per heavy atom. The van der Waals surface area contributed by atoms with Crippen molar-refractivity contribution in [3.8, 4) is 0 Å². The summed E-state index contributed by atoms with van der Waals surface area (Å²) in [4.78, 5) is 11.6. The number of hydrogen-bond donors (Lipinski definition) is 1. The minimum Gasteiger partial charge on any atom is -0.298 e.